The molecule has 0 amide bonds. The maximum absolute atomic E-state index is 11.6. The van der Waals surface area contributed by atoms with Crippen LogP contribution in [0.2, 0.25) is 0 Å². The molecule has 132 valence electrons. The van der Waals surface area contributed by atoms with Crippen molar-refractivity contribution in [2.75, 3.05) is 20.3 Å². The van der Waals surface area contributed by atoms with Crippen LogP contribution in [0.1, 0.15) is 46.0 Å². The molecule has 3 fully saturated rings. The fourth-order valence-corrected chi connectivity index (χ4v) is 3.71. The number of carbonyl (C=O) groups excluding carboxylic acids is 1. The van der Waals surface area contributed by atoms with E-state index in [9.17, 15) is 4.79 Å². The SMILES string of the molecule is COC(C)(C)OC[C@@H]1[C@H]2CC(=O)O[C@H]2C[C@H]1OC1CCCCO1. The molecule has 0 N–H and O–H groups in total. The van der Waals surface area contributed by atoms with E-state index in [1.54, 1.807) is 7.11 Å². The van der Waals surface area contributed by atoms with Gasteiger partial charge in [-0.15, -0.1) is 0 Å². The number of esters is 1. The van der Waals surface area contributed by atoms with Crippen LogP contribution in [-0.2, 0) is 28.5 Å². The molecule has 6 nitrogen and oxygen atoms in total. The lowest BCUT2D eigenvalue weighted by Gasteiger charge is -2.32. The van der Waals surface area contributed by atoms with Gasteiger partial charge in [0.05, 0.1) is 19.1 Å². The Hall–Kier alpha value is -0.690. The molecule has 0 radical (unpaired) electrons. The highest BCUT2D eigenvalue weighted by Crippen LogP contribution is 2.44. The Kier molecular flexibility index (Phi) is 5.26. The van der Waals surface area contributed by atoms with Gasteiger partial charge in [0.25, 0.3) is 0 Å². The van der Waals surface area contributed by atoms with Gasteiger partial charge in [0.15, 0.2) is 12.1 Å². The lowest BCUT2D eigenvalue weighted by Crippen LogP contribution is -2.37. The summed E-state index contributed by atoms with van der Waals surface area (Å²) in [7, 11) is 1.63. The molecule has 2 saturated heterocycles. The van der Waals surface area contributed by atoms with E-state index >= 15 is 0 Å². The van der Waals surface area contributed by atoms with E-state index in [4.69, 9.17) is 23.7 Å². The Morgan fingerprint density at radius 1 is 1.30 bits per heavy atom. The number of hydrogen-bond donors (Lipinski definition) is 0. The second kappa shape index (κ2) is 7.05. The molecule has 3 aliphatic rings. The quantitative estimate of drug-likeness (QED) is 0.550. The molecule has 23 heavy (non-hydrogen) atoms. The van der Waals surface area contributed by atoms with Gasteiger partial charge in [0.2, 0.25) is 0 Å². The summed E-state index contributed by atoms with van der Waals surface area (Å²) < 4.78 is 28.6. The average molecular weight is 328 g/mol. The van der Waals surface area contributed by atoms with E-state index in [-0.39, 0.29) is 36.3 Å². The molecule has 1 unspecified atom stereocenters. The van der Waals surface area contributed by atoms with Crippen molar-refractivity contribution in [3.8, 4) is 0 Å². The van der Waals surface area contributed by atoms with Gasteiger partial charge in [-0.2, -0.15) is 0 Å². The third-order valence-electron chi connectivity index (χ3n) is 5.23. The summed E-state index contributed by atoms with van der Waals surface area (Å²) in [4.78, 5) is 11.6. The molecular formula is C17H28O6. The molecular weight excluding hydrogens is 300 g/mol. The van der Waals surface area contributed by atoms with Crippen molar-refractivity contribution in [3.63, 3.8) is 0 Å². The number of rotatable bonds is 6. The summed E-state index contributed by atoms with van der Waals surface area (Å²) in [5, 5.41) is 0. The zero-order chi connectivity index (χ0) is 16.4. The first-order valence-electron chi connectivity index (χ1n) is 8.64. The largest absolute Gasteiger partial charge is 0.462 e. The molecule has 6 heteroatoms. The summed E-state index contributed by atoms with van der Waals surface area (Å²) in [5.74, 6) is -0.452. The van der Waals surface area contributed by atoms with Crippen LogP contribution >= 0.6 is 0 Å². The van der Waals surface area contributed by atoms with Gasteiger partial charge in [-0.3, -0.25) is 4.79 Å². The average Bonchev–Trinajstić information content (AvgIpc) is 3.02. The summed E-state index contributed by atoms with van der Waals surface area (Å²) >= 11 is 0. The van der Waals surface area contributed by atoms with Crippen molar-refractivity contribution >= 4 is 5.97 Å². The van der Waals surface area contributed by atoms with Gasteiger partial charge in [0.1, 0.15) is 6.10 Å². The summed E-state index contributed by atoms with van der Waals surface area (Å²) in [6.45, 7) is 5.03. The van der Waals surface area contributed by atoms with Gasteiger partial charge < -0.3 is 23.7 Å². The zero-order valence-electron chi connectivity index (χ0n) is 14.3. The molecule has 0 aromatic rings. The summed E-state index contributed by atoms with van der Waals surface area (Å²) in [6, 6.07) is 0. The molecule has 0 aromatic heterocycles. The van der Waals surface area contributed by atoms with Gasteiger partial charge in [-0.05, 0) is 33.1 Å². The van der Waals surface area contributed by atoms with Crippen LogP contribution in [0.25, 0.3) is 0 Å². The number of hydrogen-bond acceptors (Lipinski definition) is 6. The van der Waals surface area contributed by atoms with Crippen LogP contribution in [0.15, 0.2) is 0 Å². The van der Waals surface area contributed by atoms with Gasteiger partial charge in [-0.25, -0.2) is 0 Å². The minimum absolute atomic E-state index is 0.00820. The van der Waals surface area contributed by atoms with Gasteiger partial charge >= 0.3 is 5.97 Å². The van der Waals surface area contributed by atoms with Crippen molar-refractivity contribution < 1.29 is 28.5 Å². The molecule has 5 atom stereocenters. The Morgan fingerprint density at radius 3 is 2.83 bits per heavy atom. The molecule has 1 aliphatic carbocycles. The van der Waals surface area contributed by atoms with Crippen molar-refractivity contribution in [3.05, 3.63) is 0 Å². The highest BCUT2D eigenvalue weighted by molar-refractivity contribution is 5.72. The maximum Gasteiger partial charge on any atom is 0.306 e. The Bertz CT molecular complexity index is 417. The lowest BCUT2D eigenvalue weighted by atomic mass is 9.93. The highest BCUT2D eigenvalue weighted by Gasteiger charge is 2.51. The maximum atomic E-state index is 11.6. The predicted molar refractivity (Wildman–Crippen MR) is 81.6 cm³/mol. The highest BCUT2D eigenvalue weighted by atomic mass is 16.7. The standard InChI is InChI=1S/C17H28O6/c1-17(2,19-3)21-10-12-11-8-15(18)22-13(11)9-14(12)23-16-6-4-5-7-20-16/h11-14,16H,4-10H2,1-3H3/t11-,12-,13+,14-,16?/m1/s1. The first-order valence-corrected chi connectivity index (χ1v) is 8.64. The first kappa shape index (κ1) is 17.1. The molecule has 1 saturated carbocycles. The van der Waals surface area contributed by atoms with E-state index in [0.717, 1.165) is 32.3 Å². The molecule has 0 spiro atoms. The lowest BCUT2D eigenvalue weighted by molar-refractivity contribution is -0.227. The fraction of sp³-hybridized carbons (Fsp3) is 0.941. The third kappa shape index (κ3) is 4.05. The van der Waals surface area contributed by atoms with Crippen molar-refractivity contribution in [1.82, 2.24) is 0 Å². The molecule has 0 bridgehead atoms. The minimum Gasteiger partial charge on any atom is -0.462 e. The minimum atomic E-state index is -0.645. The van der Waals surface area contributed by atoms with E-state index in [0.29, 0.717) is 13.0 Å². The van der Waals surface area contributed by atoms with Gasteiger partial charge in [0, 0.05) is 32.0 Å². The second-order valence-corrected chi connectivity index (χ2v) is 7.18. The fourth-order valence-electron chi connectivity index (χ4n) is 3.71. The van der Waals surface area contributed by atoms with Crippen molar-refractivity contribution in [2.24, 2.45) is 11.8 Å². The monoisotopic (exact) mass is 328 g/mol. The van der Waals surface area contributed by atoms with Crippen LogP contribution in [0.3, 0.4) is 0 Å². The van der Waals surface area contributed by atoms with Crippen LogP contribution in [0, 0.1) is 11.8 Å². The van der Waals surface area contributed by atoms with Crippen LogP contribution < -0.4 is 0 Å². The predicted octanol–water partition coefficient (Wildman–Crippen LogP) is 2.25. The number of fused-ring (bicyclic) bond motifs is 1. The zero-order valence-corrected chi connectivity index (χ0v) is 14.3. The normalized spacial score (nSPS) is 37.7. The number of methoxy groups -OCH3 is 1. The summed E-state index contributed by atoms with van der Waals surface area (Å²) in [5.41, 5.74) is 0. The van der Waals surface area contributed by atoms with E-state index in [1.165, 1.54) is 0 Å². The molecule has 2 aliphatic heterocycles. The smallest absolute Gasteiger partial charge is 0.306 e. The Morgan fingerprint density at radius 2 is 2.13 bits per heavy atom. The summed E-state index contributed by atoms with van der Waals surface area (Å²) in [6.07, 6.45) is 4.18. The number of ether oxygens (including phenoxy) is 5. The third-order valence-corrected chi connectivity index (χ3v) is 5.23. The van der Waals surface area contributed by atoms with Crippen LogP contribution in [-0.4, -0.2) is 50.6 Å². The van der Waals surface area contributed by atoms with E-state index in [2.05, 4.69) is 0 Å². The van der Waals surface area contributed by atoms with Crippen molar-refractivity contribution in [2.45, 2.75) is 70.2 Å². The number of carbonyl (C=O) groups is 1. The van der Waals surface area contributed by atoms with Gasteiger partial charge in [-0.1, -0.05) is 0 Å². The molecule has 3 rings (SSSR count). The topological polar surface area (TPSA) is 63.2 Å². The Balaban J connectivity index is 1.63. The van der Waals surface area contributed by atoms with E-state index in [1.807, 2.05) is 13.8 Å². The molecule has 2 heterocycles. The van der Waals surface area contributed by atoms with Crippen molar-refractivity contribution in [1.29, 1.82) is 0 Å². The van der Waals surface area contributed by atoms with E-state index < -0.39 is 5.79 Å². The Labute approximate surface area is 137 Å². The van der Waals surface area contributed by atoms with Crippen LogP contribution in [0.5, 0.6) is 0 Å². The first-order chi connectivity index (χ1) is 11.0. The molecule has 0 aromatic carbocycles. The van der Waals surface area contributed by atoms with Crippen LogP contribution in [0.4, 0.5) is 0 Å². The second-order valence-electron chi connectivity index (χ2n) is 7.18.